The number of ether oxygens (including phenoxy) is 1. The van der Waals surface area contributed by atoms with Gasteiger partial charge in [-0.1, -0.05) is 6.07 Å². The summed E-state index contributed by atoms with van der Waals surface area (Å²) in [6.07, 6.45) is -2.91. The zero-order chi connectivity index (χ0) is 24.5. The maximum atomic E-state index is 13.2. The summed E-state index contributed by atoms with van der Waals surface area (Å²) in [7, 11) is 1.51. The summed E-state index contributed by atoms with van der Waals surface area (Å²) in [6.45, 7) is 2.17. The first-order valence-corrected chi connectivity index (χ1v) is 11.5. The van der Waals surface area contributed by atoms with Crippen molar-refractivity contribution in [2.24, 2.45) is 11.8 Å². The topological polar surface area (TPSA) is 82.2 Å². The van der Waals surface area contributed by atoms with Crippen molar-refractivity contribution >= 4 is 23.5 Å². The number of halogens is 3. The van der Waals surface area contributed by atoms with Crippen LogP contribution in [0.3, 0.4) is 0 Å². The van der Waals surface area contributed by atoms with Gasteiger partial charge in [-0.2, -0.15) is 13.2 Å². The molecule has 8 nitrogen and oxygen atoms in total. The molecule has 4 rings (SSSR count). The number of methoxy groups -OCH3 is 1. The standard InChI is InChI=1S/C23H29F3N4O4/c1-34-12-11-30-21(32)18-6-5-15(13-19(18)27-22(30)33)20(31)29-9-7-28(8-10-29)17-4-2-3-16(14-17)23(24,25)26/h2-4,14-15,18-19H,5-13H2,1H3,(H,27,33). The fourth-order valence-electron chi connectivity index (χ4n) is 5.10. The van der Waals surface area contributed by atoms with Crippen LogP contribution in [0.5, 0.6) is 0 Å². The van der Waals surface area contributed by atoms with E-state index in [1.54, 1.807) is 11.0 Å². The van der Waals surface area contributed by atoms with Gasteiger partial charge in [0.25, 0.3) is 0 Å². The Morgan fingerprint density at radius 1 is 1.15 bits per heavy atom. The van der Waals surface area contributed by atoms with Crippen LogP contribution in [0.25, 0.3) is 0 Å². The third-order valence-corrected chi connectivity index (χ3v) is 6.99. The molecule has 3 unspecified atom stereocenters. The largest absolute Gasteiger partial charge is 0.416 e. The van der Waals surface area contributed by atoms with Gasteiger partial charge in [0, 0.05) is 50.9 Å². The molecule has 34 heavy (non-hydrogen) atoms. The minimum absolute atomic E-state index is 0.0225. The Hall–Kier alpha value is -2.82. The Kier molecular flexibility index (Phi) is 7.01. The molecule has 4 amide bonds. The van der Waals surface area contributed by atoms with Gasteiger partial charge in [0.05, 0.1) is 24.6 Å². The van der Waals surface area contributed by atoms with Gasteiger partial charge >= 0.3 is 12.2 Å². The van der Waals surface area contributed by atoms with E-state index in [4.69, 9.17) is 4.74 Å². The van der Waals surface area contributed by atoms with Gasteiger partial charge in [-0.05, 0) is 37.5 Å². The van der Waals surface area contributed by atoms with E-state index in [9.17, 15) is 27.6 Å². The lowest BCUT2D eigenvalue weighted by molar-refractivity contribution is -0.143. The number of nitrogens with zero attached hydrogens (tertiary/aromatic N) is 3. The average Bonchev–Trinajstić information content (AvgIpc) is 2.83. The fraction of sp³-hybridized carbons (Fsp3) is 0.609. The maximum Gasteiger partial charge on any atom is 0.416 e. The summed E-state index contributed by atoms with van der Waals surface area (Å²) in [6, 6.07) is 4.40. The lowest BCUT2D eigenvalue weighted by Gasteiger charge is -2.43. The molecule has 3 atom stereocenters. The van der Waals surface area contributed by atoms with Gasteiger partial charge in [-0.25, -0.2) is 4.79 Å². The van der Waals surface area contributed by atoms with Crippen LogP contribution in [0, 0.1) is 11.8 Å². The number of alkyl halides is 3. The highest BCUT2D eigenvalue weighted by Gasteiger charge is 2.46. The van der Waals surface area contributed by atoms with Crippen molar-refractivity contribution in [3.63, 3.8) is 0 Å². The molecule has 186 valence electrons. The van der Waals surface area contributed by atoms with E-state index in [1.807, 2.05) is 4.90 Å². The van der Waals surface area contributed by atoms with Crippen LogP contribution in [-0.4, -0.2) is 80.1 Å². The van der Waals surface area contributed by atoms with E-state index in [-0.39, 0.29) is 42.8 Å². The molecule has 2 saturated heterocycles. The van der Waals surface area contributed by atoms with E-state index in [0.29, 0.717) is 51.1 Å². The average molecular weight is 483 g/mol. The number of piperazine rings is 1. The predicted octanol–water partition coefficient (Wildman–Crippen LogP) is 2.34. The molecule has 0 bridgehead atoms. The molecule has 3 fully saturated rings. The number of imide groups is 1. The Bertz CT molecular complexity index is 933. The molecule has 1 aromatic rings. The number of carbonyl (C=O) groups excluding carboxylic acids is 3. The summed E-state index contributed by atoms with van der Waals surface area (Å²) in [5.41, 5.74) is -0.200. The van der Waals surface area contributed by atoms with Crippen molar-refractivity contribution in [3.05, 3.63) is 29.8 Å². The number of nitrogens with one attached hydrogen (secondary N) is 1. The van der Waals surface area contributed by atoms with E-state index in [0.717, 1.165) is 12.1 Å². The molecule has 1 saturated carbocycles. The molecule has 11 heteroatoms. The summed E-state index contributed by atoms with van der Waals surface area (Å²) in [5.74, 6) is -0.867. The maximum absolute atomic E-state index is 13.2. The van der Waals surface area contributed by atoms with Crippen LogP contribution in [-0.2, 0) is 20.5 Å². The lowest BCUT2D eigenvalue weighted by atomic mass is 9.76. The summed E-state index contributed by atoms with van der Waals surface area (Å²) in [5, 5.41) is 2.88. The highest BCUT2D eigenvalue weighted by molar-refractivity contribution is 5.99. The first kappa shape index (κ1) is 24.3. The van der Waals surface area contributed by atoms with Crippen molar-refractivity contribution in [2.45, 2.75) is 31.5 Å². The Morgan fingerprint density at radius 2 is 1.88 bits per heavy atom. The Labute approximate surface area is 196 Å². The zero-order valence-corrected chi connectivity index (χ0v) is 19.0. The number of rotatable bonds is 5. The van der Waals surface area contributed by atoms with Crippen LogP contribution >= 0.6 is 0 Å². The number of amides is 4. The molecule has 0 aromatic heterocycles. The third-order valence-electron chi connectivity index (χ3n) is 6.99. The van der Waals surface area contributed by atoms with E-state index in [2.05, 4.69) is 5.32 Å². The molecule has 1 N–H and O–H groups in total. The Morgan fingerprint density at radius 3 is 2.56 bits per heavy atom. The van der Waals surface area contributed by atoms with Crippen molar-refractivity contribution in [2.75, 3.05) is 51.3 Å². The second kappa shape index (κ2) is 9.81. The fourth-order valence-corrected chi connectivity index (χ4v) is 5.10. The van der Waals surface area contributed by atoms with Crippen LogP contribution in [0.4, 0.5) is 23.7 Å². The normalized spacial score (nSPS) is 25.8. The van der Waals surface area contributed by atoms with E-state index in [1.165, 1.54) is 18.1 Å². The molecular weight excluding hydrogens is 453 g/mol. The smallest absolute Gasteiger partial charge is 0.383 e. The predicted molar refractivity (Wildman–Crippen MR) is 117 cm³/mol. The highest BCUT2D eigenvalue weighted by atomic mass is 19.4. The van der Waals surface area contributed by atoms with Gasteiger partial charge < -0.3 is 19.9 Å². The van der Waals surface area contributed by atoms with Crippen LogP contribution in [0.15, 0.2) is 24.3 Å². The van der Waals surface area contributed by atoms with Crippen molar-refractivity contribution in [1.29, 1.82) is 0 Å². The van der Waals surface area contributed by atoms with Gasteiger partial charge in [-0.3, -0.25) is 14.5 Å². The summed E-state index contributed by atoms with van der Waals surface area (Å²) in [4.78, 5) is 43.1. The second-order valence-electron chi connectivity index (χ2n) is 9.02. The number of urea groups is 1. The molecular formula is C23H29F3N4O4. The van der Waals surface area contributed by atoms with Gasteiger partial charge in [0.2, 0.25) is 11.8 Å². The molecule has 1 aliphatic carbocycles. The van der Waals surface area contributed by atoms with Crippen molar-refractivity contribution in [1.82, 2.24) is 15.1 Å². The molecule has 2 aliphatic heterocycles. The van der Waals surface area contributed by atoms with Gasteiger partial charge in [0.1, 0.15) is 0 Å². The van der Waals surface area contributed by atoms with Gasteiger partial charge in [-0.15, -0.1) is 0 Å². The number of hydrogen-bond donors (Lipinski definition) is 1. The quantitative estimate of drug-likeness (QED) is 0.697. The monoisotopic (exact) mass is 482 g/mol. The molecule has 0 spiro atoms. The lowest BCUT2D eigenvalue weighted by Crippen LogP contribution is -2.62. The second-order valence-corrected chi connectivity index (χ2v) is 9.02. The SMILES string of the molecule is COCCN1C(=O)NC2CC(C(=O)N3CCN(c4cccc(C(F)(F)F)c4)CC3)CCC2C1=O. The summed E-state index contributed by atoms with van der Waals surface area (Å²) < 4.78 is 44.0. The van der Waals surface area contributed by atoms with E-state index < -0.39 is 17.8 Å². The Balaban J connectivity index is 1.33. The minimum atomic E-state index is -4.40. The minimum Gasteiger partial charge on any atom is -0.383 e. The molecule has 1 aromatic carbocycles. The number of hydrogen-bond acceptors (Lipinski definition) is 5. The number of anilines is 1. The highest BCUT2D eigenvalue weighted by Crippen LogP contribution is 2.35. The first-order valence-electron chi connectivity index (χ1n) is 11.5. The first-order chi connectivity index (χ1) is 16.2. The van der Waals surface area contributed by atoms with Crippen LogP contribution in [0.2, 0.25) is 0 Å². The van der Waals surface area contributed by atoms with Gasteiger partial charge in [0.15, 0.2) is 0 Å². The molecule has 2 heterocycles. The molecule has 3 aliphatic rings. The number of benzene rings is 1. The van der Waals surface area contributed by atoms with Crippen LogP contribution < -0.4 is 10.2 Å². The molecule has 0 radical (unpaired) electrons. The number of fused-ring (bicyclic) bond motifs is 1. The third kappa shape index (κ3) is 4.98. The number of carbonyl (C=O) groups is 3. The van der Waals surface area contributed by atoms with E-state index >= 15 is 0 Å². The zero-order valence-electron chi connectivity index (χ0n) is 19.0. The van der Waals surface area contributed by atoms with Crippen molar-refractivity contribution in [3.8, 4) is 0 Å². The summed E-state index contributed by atoms with van der Waals surface area (Å²) >= 11 is 0. The van der Waals surface area contributed by atoms with Crippen LogP contribution in [0.1, 0.15) is 24.8 Å². The van der Waals surface area contributed by atoms with Crippen molar-refractivity contribution < 1.29 is 32.3 Å².